The number of hydrogen-bond acceptors (Lipinski definition) is 4. The Balaban J connectivity index is 1.17. The van der Waals surface area contributed by atoms with Crippen LogP contribution in [0.4, 0.5) is 0 Å². The average Bonchev–Trinajstić information content (AvgIpc) is 3.75. The average molecular weight is 681 g/mol. The maximum absolute atomic E-state index is 5.28. The van der Waals surface area contributed by atoms with Crippen LogP contribution in [0.3, 0.4) is 0 Å². The van der Waals surface area contributed by atoms with E-state index in [1.54, 1.807) is 11.3 Å². The van der Waals surface area contributed by atoms with Gasteiger partial charge in [0.1, 0.15) is 0 Å². The predicted octanol–water partition coefficient (Wildman–Crippen LogP) is 12.6. The summed E-state index contributed by atoms with van der Waals surface area (Å²) in [6.07, 6.45) is 0. The van der Waals surface area contributed by atoms with Gasteiger partial charge < -0.3 is 4.57 Å². The summed E-state index contributed by atoms with van der Waals surface area (Å²) in [6, 6.07) is 60.3. The summed E-state index contributed by atoms with van der Waals surface area (Å²) in [4.78, 5) is 15.8. The van der Waals surface area contributed by atoms with Crippen molar-refractivity contribution >= 4 is 74.9 Å². The summed E-state index contributed by atoms with van der Waals surface area (Å²) < 4.78 is 4.83. The normalized spacial score (nSPS) is 11.8. The minimum atomic E-state index is 0.637. The first kappa shape index (κ1) is 29.1. The summed E-state index contributed by atoms with van der Waals surface area (Å²) in [5.41, 5.74) is 6.30. The molecule has 0 amide bonds. The quantitative estimate of drug-likeness (QED) is 0.186. The molecule has 3 aromatic heterocycles. The van der Waals surface area contributed by atoms with E-state index in [2.05, 4.69) is 174 Å². The minimum absolute atomic E-state index is 0.637. The van der Waals surface area contributed by atoms with Crippen LogP contribution in [-0.4, -0.2) is 19.5 Å². The third kappa shape index (κ3) is 4.50. The smallest absolute Gasteiger partial charge is 0.164 e. The molecule has 0 aliphatic heterocycles. The van der Waals surface area contributed by atoms with E-state index < -0.39 is 0 Å². The molecular formula is C47H28N4S. The number of para-hydroxylation sites is 1. The van der Waals surface area contributed by atoms with Gasteiger partial charge in [-0.05, 0) is 64.0 Å². The SMILES string of the molecule is c1cc(-c2nc(-c3cccc4ccccc34)nc(-c3cccc4sc5ccccc5c34)n2)cc(-n2c3ccccc3c3cc4ccccc4cc32)c1. The van der Waals surface area contributed by atoms with E-state index in [9.17, 15) is 0 Å². The lowest BCUT2D eigenvalue weighted by atomic mass is 10.0. The molecule has 0 unspecified atom stereocenters. The molecule has 0 fully saturated rings. The third-order valence-electron chi connectivity index (χ3n) is 10.2. The summed E-state index contributed by atoms with van der Waals surface area (Å²) in [5, 5.41) is 9.56. The van der Waals surface area contributed by atoms with E-state index in [-0.39, 0.29) is 0 Å². The van der Waals surface area contributed by atoms with Crippen LogP contribution < -0.4 is 0 Å². The van der Waals surface area contributed by atoms with Gasteiger partial charge in [0.2, 0.25) is 0 Å². The second-order valence-electron chi connectivity index (χ2n) is 13.2. The van der Waals surface area contributed by atoms with Gasteiger partial charge in [0.15, 0.2) is 17.5 Å². The van der Waals surface area contributed by atoms with Gasteiger partial charge in [-0.1, -0.05) is 127 Å². The van der Waals surface area contributed by atoms with E-state index in [1.165, 1.54) is 47.2 Å². The van der Waals surface area contributed by atoms with Crippen LogP contribution in [0.25, 0.3) is 103 Å². The molecule has 0 radical (unpaired) electrons. The van der Waals surface area contributed by atoms with Gasteiger partial charge in [0.25, 0.3) is 0 Å². The first-order valence-electron chi connectivity index (χ1n) is 17.4. The van der Waals surface area contributed by atoms with Crippen molar-refractivity contribution < 1.29 is 0 Å². The molecule has 0 bridgehead atoms. The highest BCUT2D eigenvalue weighted by Gasteiger charge is 2.19. The highest BCUT2D eigenvalue weighted by atomic mass is 32.1. The van der Waals surface area contributed by atoms with Gasteiger partial charge in [-0.15, -0.1) is 11.3 Å². The van der Waals surface area contributed by atoms with Crippen molar-refractivity contribution in [2.45, 2.75) is 0 Å². The lowest BCUT2D eigenvalue weighted by Gasteiger charge is -2.13. The highest BCUT2D eigenvalue weighted by Crippen LogP contribution is 2.41. The number of aromatic nitrogens is 4. The lowest BCUT2D eigenvalue weighted by molar-refractivity contribution is 1.08. The van der Waals surface area contributed by atoms with Crippen LogP contribution in [0.15, 0.2) is 170 Å². The Bertz CT molecular complexity index is 3200. The Hall–Kier alpha value is -6.69. The molecule has 5 heteroatoms. The summed E-state index contributed by atoms with van der Waals surface area (Å²) in [5.74, 6) is 1.95. The Morgan fingerprint density at radius 1 is 0.385 bits per heavy atom. The monoisotopic (exact) mass is 680 g/mol. The van der Waals surface area contributed by atoms with Gasteiger partial charge in [-0.3, -0.25) is 0 Å². The standard InChI is InChI=1S/C47H28N4S/c1-2-14-31-28-41-39(27-30(31)13-1)35-19-5-7-23-40(35)51(41)33-17-9-16-32(26-33)45-48-46(36-21-10-15-29-12-3-4-18-34(29)36)50-47(49-45)38-22-11-25-43-44(38)37-20-6-8-24-42(37)52-43/h1-28H. The predicted molar refractivity (Wildman–Crippen MR) is 218 cm³/mol. The summed E-state index contributed by atoms with van der Waals surface area (Å²) >= 11 is 1.80. The molecule has 0 N–H and O–H groups in total. The van der Waals surface area contributed by atoms with Crippen LogP contribution >= 0.6 is 11.3 Å². The van der Waals surface area contributed by atoms with Gasteiger partial charge in [-0.25, -0.2) is 15.0 Å². The van der Waals surface area contributed by atoms with Crippen LogP contribution in [0.2, 0.25) is 0 Å². The topological polar surface area (TPSA) is 43.6 Å². The molecular weight excluding hydrogens is 653 g/mol. The van der Waals surface area contributed by atoms with E-state index >= 15 is 0 Å². The fourth-order valence-electron chi connectivity index (χ4n) is 7.84. The van der Waals surface area contributed by atoms with E-state index in [1.807, 2.05) is 0 Å². The van der Waals surface area contributed by atoms with E-state index in [0.29, 0.717) is 17.5 Å². The molecule has 0 spiro atoms. The molecule has 0 saturated carbocycles. The molecule has 3 heterocycles. The minimum Gasteiger partial charge on any atom is -0.309 e. The number of thiophene rings is 1. The largest absolute Gasteiger partial charge is 0.309 e. The highest BCUT2D eigenvalue weighted by molar-refractivity contribution is 7.25. The Morgan fingerprint density at radius 2 is 1.00 bits per heavy atom. The molecule has 11 aromatic rings. The summed E-state index contributed by atoms with van der Waals surface area (Å²) in [7, 11) is 0. The number of rotatable bonds is 4. The van der Waals surface area contributed by atoms with Crippen molar-refractivity contribution in [2.75, 3.05) is 0 Å². The molecule has 8 aromatic carbocycles. The molecule has 0 saturated heterocycles. The van der Waals surface area contributed by atoms with Gasteiger partial charge in [0.05, 0.1) is 11.0 Å². The van der Waals surface area contributed by atoms with Crippen LogP contribution in [0.1, 0.15) is 0 Å². The van der Waals surface area contributed by atoms with E-state index in [0.717, 1.165) is 38.7 Å². The molecule has 11 rings (SSSR count). The van der Waals surface area contributed by atoms with Crippen molar-refractivity contribution in [2.24, 2.45) is 0 Å². The zero-order chi connectivity index (χ0) is 34.2. The van der Waals surface area contributed by atoms with Crippen LogP contribution in [-0.2, 0) is 0 Å². The number of nitrogens with zero attached hydrogens (tertiary/aromatic N) is 4. The van der Waals surface area contributed by atoms with Gasteiger partial charge in [-0.2, -0.15) is 0 Å². The number of benzene rings is 8. The molecule has 4 nitrogen and oxygen atoms in total. The van der Waals surface area contributed by atoms with Crippen LogP contribution in [0, 0.1) is 0 Å². The number of fused-ring (bicyclic) bond motifs is 8. The Kier molecular flexibility index (Phi) is 6.39. The lowest BCUT2D eigenvalue weighted by Crippen LogP contribution is -2.01. The second-order valence-corrected chi connectivity index (χ2v) is 14.3. The zero-order valence-corrected chi connectivity index (χ0v) is 28.7. The zero-order valence-electron chi connectivity index (χ0n) is 27.9. The summed E-state index contributed by atoms with van der Waals surface area (Å²) in [6.45, 7) is 0. The van der Waals surface area contributed by atoms with Crippen molar-refractivity contribution in [3.8, 4) is 39.9 Å². The molecule has 242 valence electrons. The van der Waals surface area contributed by atoms with Gasteiger partial charge >= 0.3 is 0 Å². The maximum atomic E-state index is 5.28. The van der Waals surface area contributed by atoms with E-state index in [4.69, 9.17) is 15.0 Å². The van der Waals surface area contributed by atoms with Crippen molar-refractivity contribution in [1.29, 1.82) is 0 Å². The number of hydrogen-bond donors (Lipinski definition) is 0. The molecule has 52 heavy (non-hydrogen) atoms. The fourth-order valence-corrected chi connectivity index (χ4v) is 8.98. The Labute approximate surface area is 302 Å². The molecule has 0 aliphatic carbocycles. The Morgan fingerprint density at radius 3 is 1.88 bits per heavy atom. The van der Waals surface area contributed by atoms with Crippen molar-refractivity contribution in [3.05, 3.63) is 170 Å². The first-order chi connectivity index (χ1) is 25.8. The second kappa shape index (κ2) is 11.4. The van der Waals surface area contributed by atoms with Crippen LogP contribution in [0.5, 0.6) is 0 Å². The first-order valence-corrected chi connectivity index (χ1v) is 18.3. The third-order valence-corrected chi connectivity index (χ3v) is 11.3. The molecule has 0 aliphatic rings. The van der Waals surface area contributed by atoms with Crippen molar-refractivity contribution in [1.82, 2.24) is 19.5 Å². The van der Waals surface area contributed by atoms with Gasteiger partial charge in [0, 0.05) is 53.3 Å². The fraction of sp³-hybridized carbons (Fsp3) is 0. The van der Waals surface area contributed by atoms with Crippen molar-refractivity contribution in [3.63, 3.8) is 0 Å². The maximum Gasteiger partial charge on any atom is 0.164 e. The molecule has 0 atom stereocenters.